The average Bonchev–Trinajstić information content (AvgIpc) is 3.41. The van der Waals surface area contributed by atoms with Gasteiger partial charge in [0.1, 0.15) is 5.82 Å². The fraction of sp³-hybridized carbons (Fsp3) is 0.545. The number of rotatable bonds is 4. The van der Waals surface area contributed by atoms with Gasteiger partial charge in [0.05, 0.1) is 16.7 Å². The number of para-hydroxylation sites is 2. The van der Waals surface area contributed by atoms with E-state index in [0.29, 0.717) is 18.3 Å². The number of benzene rings is 1. The van der Waals surface area contributed by atoms with E-state index in [2.05, 4.69) is 35.4 Å². The van der Waals surface area contributed by atoms with Crippen molar-refractivity contribution in [2.75, 3.05) is 0 Å². The van der Waals surface area contributed by atoms with Crippen molar-refractivity contribution in [1.82, 2.24) is 15.3 Å². The van der Waals surface area contributed by atoms with Gasteiger partial charge >= 0.3 is 12.1 Å². The van der Waals surface area contributed by atoms with Crippen LogP contribution >= 0.6 is 0 Å². The Bertz CT molecular complexity index is 985. The van der Waals surface area contributed by atoms with Crippen molar-refractivity contribution < 1.29 is 32.7 Å². The number of aromatic nitrogens is 2. The van der Waals surface area contributed by atoms with Gasteiger partial charge in [-0.05, 0) is 37.3 Å². The third-order valence-electron chi connectivity index (χ3n) is 5.71. The Balaban J connectivity index is 0.000000383. The van der Waals surface area contributed by atoms with E-state index in [0.717, 1.165) is 48.3 Å². The van der Waals surface area contributed by atoms with Gasteiger partial charge in [-0.25, -0.2) is 9.78 Å². The Labute approximate surface area is 188 Å². The molecule has 0 radical (unpaired) electrons. The van der Waals surface area contributed by atoms with Crippen LogP contribution in [0.3, 0.4) is 0 Å². The minimum Gasteiger partial charge on any atom is -0.475 e. The quantitative estimate of drug-likeness (QED) is 0.624. The SMILES string of the molecule is CC(C)C1=NOC(C(=O)NC2CCCC(c3nc4ccccc4[nH]3)C2)C1.O=C(O)C(F)(F)F. The summed E-state index contributed by atoms with van der Waals surface area (Å²) in [7, 11) is 0. The molecule has 0 saturated heterocycles. The molecule has 3 atom stereocenters. The average molecular weight is 468 g/mol. The summed E-state index contributed by atoms with van der Waals surface area (Å²) in [4.78, 5) is 35.0. The van der Waals surface area contributed by atoms with E-state index in [-0.39, 0.29) is 11.9 Å². The molecule has 1 saturated carbocycles. The Morgan fingerprint density at radius 2 is 1.94 bits per heavy atom. The van der Waals surface area contributed by atoms with Crippen LogP contribution in [-0.4, -0.2) is 51.0 Å². The predicted molar refractivity (Wildman–Crippen MR) is 115 cm³/mol. The standard InChI is InChI=1S/C20H26N4O2.C2HF3O2/c1-12(2)17-11-18(26-24-17)20(25)21-14-7-5-6-13(10-14)19-22-15-8-3-4-9-16(15)23-19;3-2(4,5)1(6)7/h3-4,8-9,12-14,18H,5-7,10-11H2,1-2H3,(H,21,25)(H,22,23);(H,6,7). The number of carboxylic acids is 1. The lowest BCUT2D eigenvalue weighted by molar-refractivity contribution is -0.192. The molecule has 1 aromatic carbocycles. The molecule has 2 heterocycles. The third-order valence-corrected chi connectivity index (χ3v) is 5.71. The monoisotopic (exact) mass is 468 g/mol. The number of fused-ring (bicyclic) bond motifs is 1. The van der Waals surface area contributed by atoms with E-state index in [1.54, 1.807) is 0 Å². The zero-order valence-corrected chi connectivity index (χ0v) is 18.4. The first-order valence-electron chi connectivity index (χ1n) is 10.8. The van der Waals surface area contributed by atoms with Crippen LogP contribution in [0.2, 0.25) is 0 Å². The molecule has 1 aromatic heterocycles. The molecule has 2 aliphatic rings. The van der Waals surface area contributed by atoms with Crippen molar-refractivity contribution in [2.24, 2.45) is 11.1 Å². The first-order valence-corrected chi connectivity index (χ1v) is 10.8. The molecular weight excluding hydrogens is 441 g/mol. The van der Waals surface area contributed by atoms with Gasteiger partial charge in [-0.3, -0.25) is 4.79 Å². The first kappa shape index (κ1) is 24.5. The second-order valence-electron chi connectivity index (χ2n) is 8.55. The van der Waals surface area contributed by atoms with E-state index in [4.69, 9.17) is 19.7 Å². The second-order valence-corrected chi connectivity index (χ2v) is 8.55. The fourth-order valence-corrected chi connectivity index (χ4v) is 3.91. The van der Waals surface area contributed by atoms with Gasteiger partial charge in [-0.2, -0.15) is 13.2 Å². The fourth-order valence-electron chi connectivity index (χ4n) is 3.91. The van der Waals surface area contributed by atoms with Crippen LogP contribution in [0.4, 0.5) is 13.2 Å². The number of nitrogens with zero attached hydrogens (tertiary/aromatic N) is 2. The Kier molecular flexibility index (Phi) is 7.60. The number of carbonyl (C=O) groups is 2. The molecule has 11 heteroatoms. The number of hydrogen-bond donors (Lipinski definition) is 3. The molecule has 1 amide bonds. The van der Waals surface area contributed by atoms with Gasteiger partial charge in [0.25, 0.3) is 5.91 Å². The number of aromatic amines is 1. The molecule has 1 aliphatic carbocycles. The van der Waals surface area contributed by atoms with Crippen molar-refractivity contribution in [2.45, 2.75) is 70.2 Å². The summed E-state index contributed by atoms with van der Waals surface area (Å²) in [5.74, 6) is -1.09. The van der Waals surface area contributed by atoms with Gasteiger partial charge in [-0.1, -0.05) is 37.6 Å². The van der Waals surface area contributed by atoms with E-state index in [9.17, 15) is 18.0 Å². The summed E-state index contributed by atoms with van der Waals surface area (Å²) in [6.07, 6.45) is -0.843. The smallest absolute Gasteiger partial charge is 0.475 e. The number of hydrogen-bond acceptors (Lipinski definition) is 5. The number of halogens is 3. The molecule has 0 spiro atoms. The number of carbonyl (C=O) groups excluding carboxylic acids is 1. The highest BCUT2D eigenvalue weighted by Gasteiger charge is 2.38. The van der Waals surface area contributed by atoms with Crippen molar-refractivity contribution in [3.8, 4) is 0 Å². The van der Waals surface area contributed by atoms with E-state index in [1.165, 1.54) is 0 Å². The van der Waals surface area contributed by atoms with Crippen molar-refractivity contribution in [3.05, 3.63) is 30.1 Å². The highest BCUT2D eigenvalue weighted by molar-refractivity contribution is 5.93. The number of amides is 1. The predicted octanol–water partition coefficient (Wildman–Crippen LogP) is 4.14. The minimum atomic E-state index is -5.08. The van der Waals surface area contributed by atoms with E-state index in [1.807, 2.05) is 18.2 Å². The van der Waals surface area contributed by atoms with Crippen LogP contribution in [-0.2, 0) is 14.4 Å². The first-order chi connectivity index (χ1) is 15.5. The van der Waals surface area contributed by atoms with Crippen molar-refractivity contribution in [3.63, 3.8) is 0 Å². The van der Waals surface area contributed by atoms with Crippen LogP contribution < -0.4 is 5.32 Å². The molecular formula is C22H27F3N4O4. The Hall–Kier alpha value is -3.11. The molecule has 1 fully saturated rings. The molecule has 4 rings (SSSR count). The highest BCUT2D eigenvalue weighted by atomic mass is 19.4. The summed E-state index contributed by atoms with van der Waals surface area (Å²) in [5, 5.41) is 14.4. The molecule has 8 nitrogen and oxygen atoms in total. The summed E-state index contributed by atoms with van der Waals surface area (Å²) >= 11 is 0. The van der Waals surface area contributed by atoms with Crippen LogP contribution in [0.25, 0.3) is 11.0 Å². The zero-order valence-electron chi connectivity index (χ0n) is 18.4. The normalized spacial score (nSPS) is 22.8. The lowest BCUT2D eigenvalue weighted by Gasteiger charge is -2.29. The zero-order chi connectivity index (χ0) is 24.2. The van der Waals surface area contributed by atoms with Crippen LogP contribution in [0, 0.1) is 5.92 Å². The van der Waals surface area contributed by atoms with Gasteiger partial charge < -0.3 is 20.2 Å². The summed E-state index contributed by atoms with van der Waals surface area (Å²) in [6.45, 7) is 4.14. The maximum Gasteiger partial charge on any atom is 0.490 e. The molecule has 3 N–H and O–H groups in total. The number of imidazole rings is 1. The molecule has 33 heavy (non-hydrogen) atoms. The number of aliphatic carboxylic acids is 1. The van der Waals surface area contributed by atoms with Crippen molar-refractivity contribution in [1.29, 1.82) is 0 Å². The molecule has 2 aromatic rings. The Morgan fingerprint density at radius 3 is 2.55 bits per heavy atom. The summed E-state index contributed by atoms with van der Waals surface area (Å²) in [6, 6.07) is 8.27. The molecule has 1 aliphatic heterocycles. The Morgan fingerprint density at radius 1 is 1.24 bits per heavy atom. The van der Waals surface area contributed by atoms with E-state index < -0.39 is 18.2 Å². The second kappa shape index (κ2) is 10.2. The van der Waals surface area contributed by atoms with E-state index >= 15 is 0 Å². The molecule has 3 unspecified atom stereocenters. The summed E-state index contributed by atoms with van der Waals surface area (Å²) < 4.78 is 31.7. The van der Waals surface area contributed by atoms with Crippen LogP contribution in [0.1, 0.15) is 57.7 Å². The topological polar surface area (TPSA) is 117 Å². The van der Waals surface area contributed by atoms with Gasteiger partial charge in [-0.15, -0.1) is 0 Å². The number of alkyl halides is 3. The van der Waals surface area contributed by atoms with Crippen molar-refractivity contribution >= 4 is 28.6 Å². The van der Waals surface area contributed by atoms with Gasteiger partial charge in [0.15, 0.2) is 0 Å². The third kappa shape index (κ3) is 6.45. The van der Waals surface area contributed by atoms with Crippen LogP contribution in [0.15, 0.2) is 29.4 Å². The van der Waals surface area contributed by atoms with Gasteiger partial charge in [0, 0.05) is 18.4 Å². The minimum absolute atomic E-state index is 0.0420. The molecule has 180 valence electrons. The summed E-state index contributed by atoms with van der Waals surface area (Å²) in [5.41, 5.74) is 3.05. The largest absolute Gasteiger partial charge is 0.490 e. The number of H-pyrrole nitrogens is 1. The van der Waals surface area contributed by atoms with Crippen LogP contribution in [0.5, 0.6) is 0 Å². The lowest BCUT2D eigenvalue weighted by Crippen LogP contribution is -2.43. The lowest BCUT2D eigenvalue weighted by atomic mass is 9.85. The number of nitrogens with one attached hydrogen (secondary N) is 2. The molecule has 0 bridgehead atoms. The van der Waals surface area contributed by atoms with Gasteiger partial charge in [0.2, 0.25) is 6.10 Å². The highest BCUT2D eigenvalue weighted by Crippen LogP contribution is 2.32. The maximum atomic E-state index is 12.5. The number of oxime groups is 1. The number of carboxylic acid groups (broad SMARTS) is 1. The maximum absolute atomic E-state index is 12.5.